The normalized spacial score (nSPS) is 11.4. The summed E-state index contributed by atoms with van der Waals surface area (Å²) in [4.78, 5) is 11.2. The number of halogens is 3. The van der Waals surface area contributed by atoms with Gasteiger partial charge in [0, 0.05) is 5.56 Å². The predicted octanol–water partition coefficient (Wildman–Crippen LogP) is 2.64. The molecule has 0 spiro atoms. The summed E-state index contributed by atoms with van der Waals surface area (Å²) in [6, 6.07) is 2.11. The minimum Gasteiger partial charge on any atom is -0.465 e. The fraction of sp³-hybridized carbons (Fsp3) is 0.111. The second-order valence-electron chi connectivity index (χ2n) is 2.70. The molecule has 0 amide bonds. The lowest BCUT2D eigenvalue weighted by molar-refractivity contribution is 0.0600. The van der Waals surface area contributed by atoms with E-state index < -0.39 is 11.8 Å². The van der Waals surface area contributed by atoms with Crippen LogP contribution in [0.15, 0.2) is 17.3 Å². The Morgan fingerprint density at radius 1 is 1.56 bits per heavy atom. The number of hydrogen-bond donors (Lipinski definition) is 1. The number of esters is 1. The van der Waals surface area contributed by atoms with Crippen molar-refractivity contribution in [2.24, 2.45) is 5.16 Å². The molecule has 1 aromatic carbocycles. The summed E-state index contributed by atoms with van der Waals surface area (Å²) in [5.74, 6) is -1.67. The number of nitrogens with zero attached hydrogens (tertiary/aromatic N) is 1. The van der Waals surface area contributed by atoms with Crippen molar-refractivity contribution < 1.29 is 19.1 Å². The van der Waals surface area contributed by atoms with Crippen molar-refractivity contribution in [2.45, 2.75) is 0 Å². The van der Waals surface area contributed by atoms with E-state index in [0.29, 0.717) is 0 Å². The molecule has 0 fully saturated rings. The lowest BCUT2D eigenvalue weighted by Gasteiger charge is -2.05. The standard InChI is InChI=1S/C9H6Cl2FNO3/c1-16-9(14)5-2-4(8(11)13-15)3-6(12)7(5)10/h2-3,15H,1H3. The van der Waals surface area contributed by atoms with Gasteiger partial charge in [-0.25, -0.2) is 9.18 Å². The van der Waals surface area contributed by atoms with E-state index in [2.05, 4.69) is 9.89 Å². The maximum atomic E-state index is 13.3. The number of ether oxygens (including phenoxy) is 1. The van der Waals surface area contributed by atoms with Crippen molar-refractivity contribution in [3.05, 3.63) is 34.1 Å². The maximum absolute atomic E-state index is 13.3. The van der Waals surface area contributed by atoms with Crippen LogP contribution in [0.25, 0.3) is 0 Å². The molecule has 1 N–H and O–H groups in total. The van der Waals surface area contributed by atoms with Crippen molar-refractivity contribution in [3.8, 4) is 0 Å². The Bertz CT molecular complexity index is 462. The van der Waals surface area contributed by atoms with E-state index in [4.69, 9.17) is 28.4 Å². The van der Waals surface area contributed by atoms with Crippen LogP contribution in [0.4, 0.5) is 4.39 Å². The third-order valence-electron chi connectivity index (χ3n) is 1.76. The molecule has 0 bridgehead atoms. The first-order valence-corrected chi connectivity index (χ1v) is 4.72. The molecule has 0 unspecified atom stereocenters. The van der Waals surface area contributed by atoms with Gasteiger partial charge in [0.15, 0.2) is 5.17 Å². The zero-order valence-corrected chi connectivity index (χ0v) is 9.51. The number of carbonyl (C=O) groups excluding carboxylic acids is 1. The molecule has 1 aromatic rings. The smallest absolute Gasteiger partial charge is 0.339 e. The number of hydrogen-bond acceptors (Lipinski definition) is 4. The van der Waals surface area contributed by atoms with Crippen LogP contribution < -0.4 is 0 Å². The fourth-order valence-electron chi connectivity index (χ4n) is 1.02. The summed E-state index contributed by atoms with van der Waals surface area (Å²) < 4.78 is 17.7. The molecule has 0 radical (unpaired) electrons. The van der Waals surface area contributed by atoms with Crippen LogP contribution in [-0.2, 0) is 4.74 Å². The van der Waals surface area contributed by atoms with E-state index in [9.17, 15) is 9.18 Å². The molecule has 0 aromatic heterocycles. The molecule has 1 rings (SSSR count). The maximum Gasteiger partial charge on any atom is 0.339 e. The summed E-state index contributed by atoms with van der Waals surface area (Å²) in [5.41, 5.74) is -0.174. The van der Waals surface area contributed by atoms with Gasteiger partial charge in [0.1, 0.15) is 5.82 Å². The molecule has 4 nitrogen and oxygen atoms in total. The van der Waals surface area contributed by atoms with E-state index >= 15 is 0 Å². The average molecular weight is 266 g/mol. The van der Waals surface area contributed by atoms with Gasteiger partial charge in [0.2, 0.25) is 0 Å². The van der Waals surface area contributed by atoms with Crippen LogP contribution in [0.3, 0.4) is 0 Å². The van der Waals surface area contributed by atoms with Gasteiger partial charge in [-0.2, -0.15) is 0 Å². The van der Waals surface area contributed by atoms with E-state index in [1.165, 1.54) is 6.07 Å². The number of benzene rings is 1. The first-order valence-electron chi connectivity index (χ1n) is 3.96. The molecule has 0 aliphatic heterocycles. The van der Waals surface area contributed by atoms with Gasteiger partial charge in [-0.15, -0.1) is 0 Å². The van der Waals surface area contributed by atoms with Gasteiger partial charge < -0.3 is 9.94 Å². The van der Waals surface area contributed by atoms with Gasteiger partial charge >= 0.3 is 5.97 Å². The molecule has 0 saturated heterocycles. The number of oxime groups is 1. The first kappa shape index (κ1) is 12.7. The molecule has 0 atom stereocenters. The Labute approximate surface area is 100 Å². The van der Waals surface area contributed by atoms with Gasteiger partial charge in [-0.1, -0.05) is 28.4 Å². The highest BCUT2D eigenvalue weighted by atomic mass is 35.5. The number of carbonyl (C=O) groups is 1. The van der Waals surface area contributed by atoms with Gasteiger partial charge in [0.05, 0.1) is 17.7 Å². The van der Waals surface area contributed by atoms with Crippen LogP contribution >= 0.6 is 23.2 Å². The van der Waals surface area contributed by atoms with Crippen LogP contribution in [0.2, 0.25) is 5.02 Å². The molecule has 0 aliphatic rings. The third kappa shape index (κ3) is 2.43. The summed E-state index contributed by atoms with van der Waals surface area (Å²) in [7, 11) is 1.13. The number of methoxy groups -OCH3 is 1. The Morgan fingerprint density at radius 3 is 2.69 bits per heavy atom. The SMILES string of the molecule is COC(=O)c1cc(C(Cl)=NO)cc(F)c1Cl. The van der Waals surface area contributed by atoms with Crippen LogP contribution in [0.1, 0.15) is 15.9 Å². The van der Waals surface area contributed by atoms with Crippen molar-refractivity contribution in [1.29, 1.82) is 0 Å². The van der Waals surface area contributed by atoms with E-state index in [-0.39, 0.29) is 21.3 Å². The van der Waals surface area contributed by atoms with Crippen LogP contribution in [0.5, 0.6) is 0 Å². The molecule has 0 saturated carbocycles. The summed E-state index contributed by atoms with van der Waals surface area (Å²) in [6.45, 7) is 0. The Hall–Kier alpha value is -1.33. The van der Waals surface area contributed by atoms with Crippen molar-refractivity contribution in [1.82, 2.24) is 0 Å². The Balaban J connectivity index is 3.39. The molecule has 0 heterocycles. The predicted molar refractivity (Wildman–Crippen MR) is 56.9 cm³/mol. The van der Waals surface area contributed by atoms with Crippen LogP contribution in [-0.4, -0.2) is 23.5 Å². The van der Waals surface area contributed by atoms with E-state index in [0.717, 1.165) is 13.2 Å². The molecule has 0 aliphatic carbocycles. The third-order valence-corrected chi connectivity index (χ3v) is 2.44. The average Bonchev–Trinajstić information content (AvgIpc) is 2.30. The second kappa shape index (κ2) is 5.14. The molecule has 16 heavy (non-hydrogen) atoms. The fourth-order valence-corrected chi connectivity index (χ4v) is 1.32. The second-order valence-corrected chi connectivity index (χ2v) is 3.44. The highest BCUT2D eigenvalue weighted by Crippen LogP contribution is 2.23. The molecular weight excluding hydrogens is 260 g/mol. The lowest BCUT2D eigenvalue weighted by Crippen LogP contribution is -2.06. The topological polar surface area (TPSA) is 58.9 Å². The van der Waals surface area contributed by atoms with Gasteiger partial charge in [-0.3, -0.25) is 0 Å². The van der Waals surface area contributed by atoms with Crippen molar-refractivity contribution in [3.63, 3.8) is 0 Å². The summed E-state index contributed by atoms with van der Waals surface area (Å²) in [5, 5.41) is 10.4. The zero-order valence-electron chi connectivity index (χ0n) is 8.00. The highest BCUT2D eigenvalue weighted by molar-refractivity contribution is 6.69. The minimum absolute atomic E-state index is 0.0199. The zero-order chi connectivity index (χ0) is 12.3. The first-order chi connectivity index (χ1) is 7.51. The quantitative estimate of drug-likeness (QED) is 0.387. The van der Waals surface area contributed by atoms with Gasteiger partial charge in [-0.05, 0) is 12.1 Å². The van der Waals surface area contributed by atoms with E-state index in [1.54, 1.807) is 0 Å². The molecular formula is C9H6Cl2FNO3. The van der Waals surface area contributed by atoms with Crippen molar-refractivity contribution >= 4 is 34.3 Å². The Morgan fingerprint density at radius 2 is 2.19 bits per heavy atom. The lowest BCUT2D eigenvalue weighted by atomic mass is 10.1. The van der Waals surface area contributed by atoms with E-state index in [1.807, 2.05) is 0 Å². The largest absolute Gasteiger partial charge is 0.465 e. The highest BCUT2D eigenvalue weighted by Gasteiger charge is 2.17. The molecule has 7 heteroatoms. The summed E-state index contributed by atoms with van der Waals surface area (Å²) in [6.07, 6.45) is 0. The minimum atomic E-state index is -0.860. The Kier molecular flexibility index (Phi) is 4.09. The molecule has 86 valence electrons. The number of rotatable bonds is 2. The van der Waals surface area contributed by atoms with Gasteiger partial charge in [0.25, 0.3) is 0 Å². The summed E-state index contributed by atoms with van der Waals surface area (Å²) >= 11 is 11.0. The van der Waals surface area contributed by atoms with Crippen LogP contribution in [0, 0.1) is 5.82 Å². The van der Waals surface area contributed by atoms with Crippen molar-refractivity contribution in [2.75, 3.05) is 7.11 Å². The monoisotopic (exact) mass is 265 g/mol.